The van der Waals surface area contributed by atoms with Crippen molar-refractivity contribution in [2.24, 2.45) is 36.1 Å². The van der Waals surface area contributed by atoms with Gasteiger partial charge in [-0.1, -0.05) is 39.2 Å². The number of rotatable bonds is 6. The van der Waals surface area contributed by atoms with E-state index in [0.29, 0.717) is 26.3 Å². The van der Waals surface area contributed by atoms with Gasteiger partial charge in [0.2, 0.25) is 23.6 Å². The van der Waals surface area contributed by atoms with E-state index in [1.54, 1.807) is 32.2 Å². The number of benzene rings is 3. The van der Waals surface area contributed by atoms with E-state index in [1.807, 2.05) is 31.2 Å². The molecule has 9 rings (SSSR count). The second-order valence-electron chi connectivity index (χ2n) is 15.2. The van der Waals surface area contributed by atoms with Crippen molar-refractivity contribution in [3.63, 3.8) is 0 Å². The maximum atomic E-state index is 15.2. The molecule has 4 heterocycles. The molecule has 290 valence electrons. The third-order valence-electron chi connectivity index (χ3n) is 12.4. The molecule has 0 bridgehead atoms. The Morgan fingerprint density at radius 2 is 1.75 bits per heavy atom. The first kappa shape index (κ1) is 37.2. The molecule has 3 fully saturated rings. The Kier molecular flexibility index (Phi) is 8.54. The van der Waals surface area contributed by atoms with E-state index in [1.165, 1.54) is 52.3 Å². The lowest BCUT2D eigenvalue weighted by Crippen LogP contribution is -2.49. The quantitative estimate of drug-likeness (QED) is 0.0769. The van der Waals surface area contributed by atoms with Gasteiger partial charge in [-0.15, -0.1) is 11.3 Å². The number of fused-ring (bicyclic) bond motifs is 5. The van der Waals surface area contributed by atoms with E-state index in [-0.39, 0.29) is 41.5 Å². The Balaban J connectivity index is 1.16. The van der Waals surface area contributed by atoms with Crippen LogP contribution in [0.4, 0.5) is 17.2 Å². The molecule has 3 aromatic carbocycles. The first-order chi connectivity index (χ1) is 27.1. The lowest BCUT2D eigenvalue weighted by atomic mass is 9.51. The third kappa shape index (κ3) is 5.27. The summed E-state index contributed by atoms with van der Waals surface area (Å²) in [7, 11) is 3.09. The molecule has 2 saturated heterocycles. The van der Waals surface area contributed by atoms with Gasteiger partial charge in [-0.2, -0.15) is 5.10 Å². The molecule has 4 amide bonds. The standard InChI is InChI=1S/C41H33BrClN5O8S/c1-18-25-15-20(43)5-12-31(25)57-36(18)29-17-32(45(3)44-29)47-38(51)28-16-26-23(34(41(28,2)40(47)53)27-13-19(42)14-30(56-4)35(27)49)10-11-24-33(26)39(52)46(37(24)50)21-6-8-22(9-7-21)48(54)55/h5-10,12-15,17,24,26,28,33-34,49H,11,16H2,1-4H3/t24-,26+,28-,33-,34+,41+/m0/s1. The monoisotopic (exact) mass is 869 g/mol. The summed E-state index contributed by atoms with van der Waals surface area (Å²) in [5.41, 5.74) is 1.12. The molecule has 13 nitrogen and oxygen atoms in total. The van der Waals surface area contributed by atoms with Crippen LogP contribution in [-0.2, 0) is 26.2 Å². The number of aryl methyl sites for hydroxylation is 2. The zero-order valence-corrected chi connectivity index (χ0v) is 34.0. The van der Waals surface area contributed by atoms with Crippen LogP contribution in [-0.4, -0.2) is 50.5 Å². The number of nitro benzene ring substituents is 1. The Labute approximate surface area is 342 Å². The minimum absolute atomic E-state index is 0.0843. The van der Waals surface area contributed by atoms with Gasteiger partial charge in [0.25, 0.3) is 5.69 Å². The Hall–Kier alpha value is -5.38. The smallest absolute Gasteiger partial charge is 0.269 e. The molecular weight excluding hydrogens is 838 g/mol. The van der Waals surface area contributed by atoms with Crippen LogP contribution in [0.15, 0.2) is 76.8 Å². The second-order valence-corrected chi connectivity index (χ2v) is 17.6. The number of anilines is 2. The van der Waals surface area contributed by atoms with Gasteiger partial charge in [0, 0.05) is 50.9 Å². The molecule has 2 aliphatic heterocycles. The summed E-state index contributed by atoms with van der Waals surface area (Å²) in [6.07, 6.45) is 2.14. The molecule has 0 unspecified atom stereocenters. The van der Waals surface area contributed by atoms with E-state index in [4.69, 9.17) is 21.4 Å². The summed E-state index contributed by atoms with van der Waals surface area (Å²) in [5, 5.41) is 29.5. The fraction of sp³-hybridized carbons (Fsp3) is 0.293. The number of non-ortho nitro benzene ring substituents is 1. The topological polar surface area (TPSA) is 165 Å². The van der Waals surface area contributed by atoms with Gasteiger partial charge in [0.05, 0.1) is 45.8 Å². The molecule has 5 aromatic rings. The number of nitro groups is 1. The number of carbonyl (C=O) groups excluding carboxylic acids is 4. The highest BCUT2D eigenvalue weighted by atomic mass is 79.9. The molecule has 1 saturated carbocycles. The number of hydrogen-bond acceptors (Lipinski definition) is 10. The zero-order chi connectivity index (χ0) is 40.4. The Bertz CT molecular complexity index is 2670. The fourth-order valence-electron chi connectivity index (χ4n) is 9.74. The van der Waals surface area contributed by atoms with Crippen LogP contribution in [0.2, 0.25) is 5.02 Å². The van der Waals surface area contributed by atoms with Crippen LogP contribution in [0, 0.1) is 46.1 Å². The predicted octanol–water partition coefficient (Wildman–Crippen LogP) is 8.08. The number of hydrogen-bond donors (Lipinski definition) is 1. The molecule has 2 aliphatic carbocycles. The molecule has 1 N–H and O–H groups in total. The minimum atomic E-state index is -1.45. The molecule has 57 heavy (non-hydrogen) atoms. The number of allylic oxidation sites excluding steroid dienone is 2. The van der Waals surface area contributed by atoms with Crippen molar-refractivity contribution in [2.75, 3.05) is 16.9 Å². The van der Waals surface area contributed by atoms with Crippen molar-refractivity contribution in [3.8, 4) is 22.1 Å². The maximum absolute atomic E-state index is 15.2. The van der Waals surface area contributed by atoms with Gasteiger partial charge in [-0.05, 0) is 86.0 Å². The van der Waals surface area contributed by atoms with Crippen LogP contribution in [0.1, 0.15) is 36.8 Å². The van der Waals surface area contributed by atoms with E-state index in [2.05, 4.69) is 15.9 Å². The summed E-state index contributed by atoms with van der Waals surface area (Å²) in [6.45, 7) is 3.71. The summed E-state index contributed by atoms with van der Waals surface area (Å²) < 4.78 is 8.62. The van der Waals surface area contributed by atoms with Crippen LogP contribution in [0.5, 0.6) is 11.5 Å². The van der Waals surface area contributed by atoms with Crippen molar-refractivity contribution in [2.45, 2.75) is 32.6 Å². The zero-order valence-electron chi connectivity index (χ0n) is 30.9. The number of methoxy groups -OCH3 is 1. The van der Waals surface area contributed by atoms with Crippen molar-refractivity contribution >= 4 is 89.8 Å². The van der Waals surface area contributed by atoms with Crippen molar-refractivity contribution in [1.82, 2.24) is 9.78 Å². The number of nitrogens with zero attached hydrogens (tertiary/aromatic N) is 5. The molecule has 0 radical (unpaired) electrons. The third-order valence-corrected chi connectivity index (χ3v) is 14.4. The average molecular weight is 871 g/mol. The van der Waals surface area contributed by atoms with E-state index in [0.717, 1.165) is 25.4 Å². The van der Waals surface area contributed by atoms with Gasteiger partial charge in [-0.25, -0.2) is 4.90 Å². The number of halogens is 2. The number of phenols is 1. The normalized spacial score (nSPS) is 25.5. The first-order valence-electron chi connectivity index (χ1n) is 18.2. The van der Waals surface area contributed by atoms with Crippen molar-refractivity contribution in [1.29, 1.82) is 0 Å². The highest BCUT2D eigenvalue weighted by Gasteiger charge is 2.68. The van der Waals surface area contributed by atoms with E-state index >= 15 is 4.79 Å². The summed E-state index contributed by atoms with van der Waals surface area (Å²) in [4.78, 5) is 72.5. The number of imide groups is 2. The molecule has 4 aliphatic rings. The SMILES string of the molecule is COc1cc(Br)cc([C@H]2C3=CC[C@@H]4C(=O)N(c5ccc([N+](=O)[O-])cc5)C(=O)[C@@H]4[C@@H]3C[C@H]3C(=O)N(c4cc(-c5sc6ccc(Cl)cc6c5C)nn4C)C(=O)[C@@]23C)c1O. The second kappa shape index (κ2) is 13.1. The van der Waals surface area contributed by atoms with Crippen molar-refractivity contribution < 1.29 is 33.9 Å². The summed E-state index contributed by atoms with van der Waals surface area (Å²) >= 11 is 11.4. The molecule has 0 spiro atoms. The highest BCUT2D eigenvalue weighted by molar-refractivity contribution is 9.10. The highest BCUT2D eigenvalue weighted by Crippen LogP contribution is 2.65. The fourth-order valence-corrected chi connectivity index (χ4v) is 11.5. The summed E-state index contributed by atoms with van der Waals surface area (Å²) in [5.74, 6) is -5.88. The first-order valence-corrected chi connectivity index (χ1v) is 20.1. The van der Waals surface area contributed by atoms with Crippen LogP contribution >= 0.6 is 38.9 Å². The lowest BCUT2D eigenvalue weighted by Gasteiger charge is -2.49. The maximum Gasteiger partial charge on any atom is 0.269 e. The number of carbonyl (C=O) groups is 4. The number of aromatic nitrogens is 2. The minimum Gasteiger partial charge on any atom is -0.504 e. The van der Waals surface area contributed by atoms with Crippen LogP contribution < -0.4 is 14.5 Å². The van der Waals surface area contributed by atoms with Crippen LogP contribution in [0.25, 0.3) is 20.7 Å². The van der Waals surface area contributed by atoms with E-state index in [9.17, 15) is 29.6 Å². The Morgan fingerprint density at radius 3 is 2.46 bits per heavy atom. The van der Waals surface area contributed by atoms with Crippen LogP contribution in [0.3, 0.4) is 0 Å². The van der Waals surface area contributed by atoms with Gasteiger partial charge in [0.15, 0.2) is 11.5 Å². The van der Waals surface area contributed by atoms with Gasteiger partial charge in [0.1, 0.15) is 11.5 Å². The predicted molar refractivity (Wildman–Crippen MR) is 216 cm³/mol. The number of thiophene rings is 1. The molecule has 16 heteroatoms. The number of amides is 4. The Morgan fingerprint density at radius 1 is 1.02 bits per heavy atom. The summed E-state index contributed by atoms with van der Waals surface area (Å²) in [6, 6.07) is 15.9. The number of ether oxygens (including phenoxy) is 1. The average Bonchev–Trinajstić information content (AvgIpc) is 3.85. The van der Waals surface area contributed by atoms with Crippen molar-refractivity contribution in [3.05, 3.63) is 103 Å². The van der Waals surface area contributed by atoms with Gasteiger partial charge >= 0.3 is 0 Å². The van der Waals surface area contributed by atoms with E-state index < -0.39 is 63.6 Å². The molecule has 2 aromatic heterocycles. The molecular formula is C41H33BrClN5O8S. The largest absolute Gasteiger partial charge is 0.504 e. The van der Waals surface area contributed by atoms with Gasteiger partial charge in [-0.3, -0.25) is 38.9 Å². The lowest BCUT2D eigenvalue weighted by molar-refractivity contribution is -0.384. The van der Waals surface area contributed by atoms with Gasteiger partial charge < -0.3 is 9.84 Å². The number of phenolic OH excluding ortho intramolecular Hbond substituents is 1. The number of aromatic hydroxyl groups is 1. The molecule has 6 atom stereocenters.